The Morgan fingerprint density at radius 2 is 0.889 bits per heavy atom. The molecule has 2 heterocycles. The Labute approximate surface area is 367 Å². The van der Waals surface area contributed by atoms with Crippen molar-refractivity contribution in [3.05, 3.63) is 230 Å². The van der Waals surface area contributed by atoms with Gasteiger partial charge in [-0.3, -0.25) is 0 Å². The molecule has 0 saturated carbocycles. The van der Waals surface area contributed by atoms with Gasteiger partial charge in [-0.2, -0.15) is 0 Å². The molecule has 11 rings (SSSR count). The van der Waals surface area contributed by atoms with E-state index in [0.29, 0.717) is 5.82 Å². The van der Waals surface area contributed by atoms with Crippen molar-refractivity contribution in [1.29, 1.82) is 0 Å². The highest BCUT2D eigenvalue weighted by Gasteiger charge is 2.17. The average molecular weight is 804 g/mol. The molecule has 0 N–H and O–H groups in total. The predicted molar refractivity (Wildman–Crippen MR) is 266 cm³/mol. The van der Waals surface area contributed by atoms with Crippen LogP contribution in [0.1, 0.15) is 12.5 Å². The predicted octanol–water partition coefficient (Wildman–Crippen LogP) is 16.1. The SMILES string of the molecule is C/C=C\C=C/c1cc(-c2ccc(-c3cccc(-c4nc(-c5cccc(-c6ccccc6)c5)c5ccccc5n4)c3)cc2)cc2c(-c3ccc4ccccc4c3)nc3ccccc3c12. The van der Waals surface area contributed by atoms with E-state index < -0.39 is 0 Å². The molecule has 0 radical (unpaired) electrons. The molecular formula is C60H41N3. The summed E-state index contributed by atoms with van der Waals surface area (Å²) < 4.78 is 0. The van der Waals surface area contributed by atoms with Gasteiger partial charge in [0.05, 0.1) is 22.4 Å². The highest BCUT2D eigenvalue weighted by molar-refractivity contribution is 6.15. The van der Waals surface area contributed by atoms with Crippen LogP contribution in [0.25, 0.3) is 117 Å². The lowest BCUT2D eigenvalue weighted by atomic mass is 9.91. The molecule has 0 aliphatic rings. The molecule has 9 aromatic carbocycles. The van der Waals surface area contributed by atoms with E-state index in [1.807, 2.05) is 19.1 Å². The molecule has 296 valence electrons. The zero-order chi connectivity index (χ0) is 42.1. The molecule has 63 heavy (non-hydrogen) atoms. The van der Waals surface area contributed by atoms with E-state index in [1.165, 1.54) is 21.7 Å². The molecule has 0 unspecified atom stereocenters. The molecule has 3 heteroatoms. The maximum Gasteiger partial charge on any atom is 0.160 e. The quantitative estimate of drug-likeness (QED) is 0.113. The van der Waals surface area contributed by atoms with Gasteiger partial charge in [0.2, 0.25) is 0 Å². The minimum absolute atomic E-state index is 0.699. The van der Waals surface area contributed by atoms with E-state index in [1.54, 1.807) is 0 Å². The minimum atomic E-state index is 0.699. The summed E-state index contributed by atoms with van der Waals surface area (Å²) in [6, 6.07) is 73.2. The highest BCUT2D eigenvalue weighted by Crippen LogP contribution is 2.40. The maximum absolute atomic E-state index is 5.35. The fraction of sp³-hybridized carbons (Fsp3) is 0.0167. The van der Waals surface area contributed by atoms with Crippen molar-refractivity contribution in [2.24, 2.45) is 0 Å². The van der Waals surface area contributed by atoms with Crippen molar-refractivity contribution in [1.82, 2.24) is 15.0 Å². The Morgan fingerprint density at radius 3 is 1.67 bits per heavy atom. The largest absolute Gasteiger partial charge is 0.247 e. The molecule has 0 fully saturated rings. The summed E-state index contributed by atoms with van der Waals surface area (Å²) in [5.41, 5.74) is 14.9. The van der Waals surface area contributed by atoms with Crippen LogP contribution in [0.2, 0.25) is 0 Å². The number of rotatable bonds is 8. The standard InChI is InChI=1S/C60H41N3/c1-2-3-5-20-47-38-51(39-54-57(47)52-25-10-12-27-55(52)61-59(54)49-34-33-41-18-8-9-19-44(41)36-49)43-31-29-42(30-32-43)46-22-15-24-50(37-46)60-62-56-28-13-11-26-53(56)58(63-60)48-23-14-21-45(35-48)40-16-6-4-7-17-40/h2-39H,1H3/b3-2-,20-5-. The molecule has 0 spiro atoms. The number of para-hydroxylation sites is 2. The van der Waals surface area contributed by atoms with Crippen LogP contribution in [-0.2, 0) is 0 Å². The van der Waals surface area contributed by atoms with Gasteiger partial charge in [0.25, 0.3) is 0 Å². The lowest BCUT2D eigenvalue weighted by Gasteiger charge is -2.16. The first kappa shape index (κ1) is 37.7. The first-order valence-corrected chi connectivity index (χ1v) is 21.5. The summed E-state index contributed by atoms with van der Waals surface area (Å²) >= 11 is 0. The summed E-state index contributed by atoms with van der Waals surface area (Å²) in [6.45, 7) is 2.05. The van der Waals surface area contributed by atoms with Crippen molar-refractivity contribution in [2.75, 3.05) is 0 Å². The maximum atomic E-state index is 5.35. The number of allylic oxidation sites excluding steroid dienone is 3. The second-order valence-electron chi connectivity index (χ2n) is 15.9. The number of hydrogen-bond donors (Lipinski definition) is 0. The molecule has 11 aromatic rings. The van der Waals surface area contributed by atoms with Crippen molar-refractivity contribution >= 4 is 49.4 Å². The summed E-state index contributed by atoms with van der Waals surface area (Å²) in [4.78, 5) is 15.7. The highest BCUT2D eigenvalue weighted by atomic mass is 14.9. The Morgan fingerprint density at radius 1 is 0.333 bits per heavy atom. The van der Waals surface area contributed by atoms with Crippen LogP contribution in [0, 0.1) is 0 Å². The summed E-state index contributed by atoms with van der Waals surface area (Å²) in [5, 5.41) is 6.91. The second kappa shape index (κ2) is 16.3. The lowest BCUT2D eigenvalue weighted by Crippen LogP contribution is -1.95. The molecule has 0 saturated heterocycles. The molecule has 0 aliphatic carbocycles. The van der Waals surface area contributed by atoms with E-state index in [4.69, 9.17) is 15.0 Å². The van der Waals surface area contributed by atoms with E-state index in [-0.39, 0.29) is 0 Å². The van der Waals surface area contributed by atoms with Gasteiger partial charge in [-0.1, -0.05) is 188 Å². The number of pyridine rings is 1. The first-order valence-electron chi connectivity index (χ1n) is 21.5. The minimum Gasteiger partial charge on any atom is -0.247 e. The Kier molecular flexibility index (Phi) is 9.76. The molecule has 3 nitrogen and oxygen atoms in total. The second-order valence-corrected chi connectivity index (χ2v) is 15.9. The number of fused-ring (bicyclic) bond motifs is 5. The molecule has 0 aliphatic heterocycles. The fourth-order valence-electron chi connectivity index (χ4n) is 8.84. The van der Waals surface area contributed by atoms with E-state index in [0.717, 1.165) is 88.7 Å². The summed E-state index contributed by atoms with van der Waals surface area (Å²) in [7, 11) is 0. The molecule has 0 atom stereocenters. The van der Waals surface area contributed by atoms with Crippen LogP contribution in [0.3, 0.4) is 0 Å². The van der Waals surface area contributed by atoms with Gasteiger partial charge in [-0.15, -0.1) is 0 Å². The summed E-state index contributed by atoms with van der Waals surface area (Å²) in [5.74, 6) is 0.699. The van der Waals surface area contributed by atoms with Gasteiger partial charge in [0.1, 0.15) is 0 Å². The van der Waals surface area contributed by atoms with Gasteiger partial charge in [-0.05, 0) is 99.1 Å². The topological polar surface area (TPSA) is 38.7 Å². The Bertz CT molecular complexity index is 3570. The number of nitrogens with zero attached hydrogens (tertiary/aromatic N) is 3. The first-order chi connectivity index (χ1) is 31.2. The normalized spacial score (nSPS) is 11.8. The monoisotopic (exact) mass is 803 g/mol. The number of benzene rings is 9. The van der Waals surface area contributed by atoms with E-state index >= 15 is 0 Å². The number of aromatic nitrogens is 3. The van der Waals surface area contributed by atoms with Crippen LogP contribution in [0.4, 0.5) is 0 Å². The van der Waals surface area contributed by atoms with Crippen LogP contribution >= 0.6 is 0 Å². The van der Waals surface area contributed by atoms with Gasteiger partial charge in [-0.25, -0.2) is 15.0 Å². The molecule has 0 amide bonds. The molecule has 0 bridgehead atoms. The molecular weight excluding hydrogens is 763 g/mol. The van der Waals surface area contributed by atoms with Gasteiger partial charge < -0.3 is 0 Å². The summed E-state index contributed by atoms with van der Waals surface area (Å²) in [6.07, 6.45) is 8.50. The van der Waals surface area contributed by atoms with Crippen molar-refractivity contribution in [3.63, 3.8) is 0 Å². The third-order valence-corrected chi connectivity index (χ3v) is 12.0. The van der Waals surface area contributed by atoms with Crippen molar-refractivity contribution in [2.45, 2.75) is 6.92 Å². The van der Waals surface area contributed by atoms with Gasteiger partial charge in [0.15, 0.2) is 5.82 Å². The van der Waals surface area contributed by atoms with Gasteiger partial charge >= 0.3 is 0 Å². The van der Waals surface area contributed by atoms with Crippen molar-refractivity contribution < 1.29 is 0 Å². The third kappa shape index (κ3) is 7.26. The Balaban J connectivity index is 0.995. The Hall–Kier alpha value is -8.27. The number of hydrogen-bond acceptors (Lipinski definition) is 3. The van der Waals surface area contributed by atoms with Crippen LogP contribution in [-0.4, -0.2) is 15.0 Å². The van der Waals surface area contributed by atoms with Crippen LogP contribution in [0.5, 0.6) is 0 Å². The van der Waals surface area contributed by atoms with Crippen LogP contribution < -0.4 is 0 Å². The van der Waals surface area contributed by atoms with Crippen LogP contribution in [0.15, 0.2) is 224 Å². The van der Waals surface area contributed by atoms with Crippen molar-refractivity contribution in [3.8, 4) is 67.3 Å². The van der Waals surface area contributed by atoms with E-state index in [9.17, 15) is 0 Å². The average Bonchev–Trinajstić information content (AvgIpc) is 3.36. The van der Waals surface area contributed by atoms with E-state index in [2.05, 4.69) is 218 Å². The zero-order valence-electron chi connectivity index (χ0n) is 34.8. The fourth-order valence-corrected chi connectivity index (χ4v) is 8.84. The smallest absolute Gasteiger partial charge is 0.160 e. The lowest BCUT2D eigenvalue weighted by molar-refractivity contribution is 1.23. The zero-order valence-corrected chi connectivity index (χ0v) is 34.8. The third-order valence-electron chi connectivity index (χ3n) is 12.0. The molecule has 2 aromatic heterocycles. The van der Waals surface area contributed by atoms with Gasteiger partial charge in [0, 0.05) is 38.2 Å².